The SMILES string of the molecule is COC(=O)NCC(=O)NCc1cccc(CN2CCC(C)CC2)c1. The first kappa shape index (κ1) is 18.3. The van der Waals surface area contributed by atoms with Crippen LogP contribution in [0, 0.1) is 5.92 Å². The number of methoxy groups -OCH3 is 1. The molecule has 0 aliphatic carbocycles. The van der Waals surface area contributed by atoms with E-state index in [0.717, 1.165) is 31.1 Å². The van der Waals surface area contributed by atoms with Crippen molar-refractivity contribution >= 4 is 12.0 Å². The van der Waals surface area contributed by atoms with Gasteiger partial charge in [0.05, 0.1) is 7.11 Å². The third-order valence-corrected chi connectivity index (χ3v) is 4.34. The van der Waals surface area contributed by atoms with E-state index in [1.165, 1.54) is 25.5 Å². The van der Waals surface area contributed by atoms with Crippen molar-refractivity contribution in [2.24, 2.45) is 5.92 Å². The molecule has 6 heteroatoms. The highest BCUT2D eigenvalue weighted by Gasteiger charge is 2.15. The summed E-state index contributed by atoms with van der Waals surface area (Å²) >= 11 is 0. The average molecular weight is 333 g/mol. The number of hydrogen-bond acceptors (Lipinski definition) is 4. The van der Waals surface area contributed by atoms with Crippen molar-refractivity contribution in [1.82, 2.24) is 15.5 Å². The third kappa shape index (κ3) is 6.20. The Bertz CT molecular complexity index is 554. The molecule has 2 rings (SSSR count). The van der Waals surface area contributed by atoms with Crippen LogP contribution in [-0.2, 0) is 22.6 Å². The fraction of sp³-hybridized carbons (Fsp3) is 0.556. The van der Waals surface area contributed by atoms with Gasteiger partial charge in [0, 0.05) is 13.1 Å². The number of likely N-dealkylation sites (tertiary alicyclic amines) is 1. The number of benzene rings is 1. The molecule has 0 saturated carbocycles. The standard InChI is InChI=1S/C18H27N3O3/c1-14-6-8-21(9-7-14)13-16-5-3-4-15(10-16)11-19-17(22)12-20-18(23)24-2/h3-5,10,14H,6-9,11-13H2,1-2H3,(H,19,22)(H,20,23). The van der Waals surface area contributed by atoms with Gasteiger partial charge < -0.3 is 15.4 Å². The Labute approximate surface area is 143 Å². The van der Waals surface area contributed by atoms with Gasteiger partial charge in [-0.1, -0.05) is 31.2 Å². The Kier molecular flexibility index (Phi) is 7.06. The molecule has 1 aliphatic rings. The van der Waals surface area contributed by atoms with Gasteiger partial charge in [-0.25, -0.2) is 4.79 Å². The van der Waals surface area contributed by atoms with Crippen molar-refractivity contribution in [3.05, 3.63) is 35.4 Å². The lowest BCUT2D eigenvalue weighted by atomic mass is 9.98. The topological polar surface area (TPSA) is 70.7 Å². The van der Waals surface area contributed by atoms with Crippen LogP contribution in [-0.4, -0.2) is 43.6 Å². The van der Waals surface area contributed by atoms with Crippen molar-refractivity contribution in [2.45, 2.75) is 32.9 Å². The summed E-state index contributed by atoms with van der Waals surface area (Å²) in [4.78, 5) is 25.1. The fourth-order valence-corrected chi connectivity index (χ4v) is 2.80. The Morgan fingerprint density at radius 2 is 1.92 bits per heavy atom. The zero-order valence-corrected chi connectivity index (χ0v) is 14.5. The van der Waals surface area contributed by atoms with Crippen LogP contribution >= 0.6 is 0 Å². The summed E-state index contributed by atoms with van der Waals surface area (Å²) in [7, 11) is 1.27. The zero-order valence-electron chi connectivity index (χ0n) is 14.5. The Balaban J connectivity index is 1.77. The molecule has 0 bridgehead atoms. The molecule has 6 nitrogen and oxygen atoms in total. The summed E-state index contributed by atoms with van der Waals surface area (Å²) in [5.74, 6) is 0.595. The van der Waals surface area contributed by atoms with Gasteiger partial charge in [0.25, 0.3) is 0 Å². The maximum absolute atomic E-state index is 11.7. The largest absolute Gasteiger partial charge is 0.453 e. The number of nitrogens with zero attached hydrogens (tertiary/aromatic N) is 1. The smallest absolute Gasteiger partial charge is 0.407 e. The van der Waals surface area contributed by atoms with E-state index in [1.54, 1.807) is 0 Å². The second kappa shape index (κ2) is 9.27. The molecule has 0 spiro atoms. The number of amides is 2. The predicted octanol–water partition coefficient (Wildman–Crippen LogP) is 1.89. The van der Waals surface area contributed by atoms with E-state index in [0.29, 0.717) is 6.54 Å². The summed E-state index contributed by atoms with van der Waals surface area (Å²) in [5.41, 5.74) is 2.33. The quantitative estimate of drug-likeness (QED) is 0.834. The van der Waals surface area contributed by atoms with Crippen LogP contribution in [0.5, 0.6) is 0 Å². The molecule has 1 saturated heterocycles. The molecule has 1 aliphatic heterocycles. The van der Waals surface area contributed by atoms with Crippen molar-refractivity contribution < 1.29 is 14.3 Å². The van der Waals surface area contributed by atoms with Gasteiger partial charge >= 0.3 is 6.09 Å². The molecule has 132 valence electrons. The molecule has 0 aromatic heterocycles. The summed E-state index contributed by atoms with van der Waals surface area (Å²) in [5, 5.41) is 5.15. The van der Waals surface area contributed by atoms with Crippen LogP contribution in [0.2, 0.25) is 0 Å². The summed E-state index contributed by atoms with van der Waals surface area (Å²) in [6, 6.07) is 8.28. The van der Waals surface area contributed by atoms with Crippen LogP contribution in [0.3, 0.4) is 0 Å². The van der Waals surface area contributed by atoms with Crippen molar-refractivity contribution in [3.63, 3.8) is 0 Å². The molecule has 1 fully saturated rings. The lowest BCUT2D eigenvalue weighted by molar-refractivity contribution is -0.120. The van der Waals surface area contributed by atoms with E-state index in [1.807, 2.05) is 12.1 Å². The monoisotopic (exact) mass is 333 g/mol. The molecular weight excluding hydrogens is 306 g/mol. The molecule has 1 heterocycles. The molecule has 1 aromatic rings. The normalized spacial score (nSPS) is 15.8. The lowest BCUT2D eigenvalue weighted by Gasteiger charge is -2.30. The van der Waals surface area contributed by atoms with E-state index in [9.17, 15) is 9.59 Å². The van der Waals surface area contributed by atoms with Gasteiger partial charge in [-0.05, 0) is 43.0 Å². The molecule has 24 heavy (non-hydrogen) atoms. The highest BCUT2D eigenvalue weighted by atomic mass is 16.5. The van der Waals surface area contributed by atoms with Gasteiger partial charge in [-0.3, -0.25) is 9.69 Å². The molecule has 1 aromatic carbocycles. The van der Waals surface area contributed by atoms with E-state index < -0.39 is 6.09 Å². The minimum Gasteiger partial charge on any atom is -0.453 e. The first-order valence-corrected chi connectivity index (χ1v) is 8.45. The summed E-state index contributed by atoms with van der Waals surface area (Å²) in [6.07, 6.45) is 1.93. The molecule has 2 N–H and O–H groups in total. The molecule has 2 amide bonds. The minimum absolute atomic E-state index is 0.0850. The maximum Gasteiger partial charge on any atom is 0.407 e. The molecule has 0 unspecified atom stereocenters. The van der Waals surface area contributed by atoms with E-state index >= 15 is 0 Å². The number of hydrogen-bond donors (Lipinski definition) is 2. The molecule has 0 radical (unpaired) electrons. The number of nitrogens with one attached hydrogen (secondary N) is 2. The van der Waals surface area contributed by atoms with Crippen LogP contribution in [0.4, 0.5) is 4.79 Å². The molecular formula is C18H27N3O3. The van der Waals surface area contributed by atoms with E-state index in [4.69, 9.17) is 0 Å². The predicted molar refractivity (Wildman–Crippen MR) is 92.4 cm³/mol. The number of carbonyl (C=O) groups is 2. The number of ether oxygens (including phenoxy) is 1. The van der Waals surface area contributed by atoms with Gasteiger partial charge in [0.2, 0.25) is 5.91 Å². The lowest BCUT2D eigenvalue weighted by Crippen LogP contribution is -2.36. The van der Waals surface area contributed by atoms with Crippen molar-refractivity contribution in [1.29, 1.82) is 0 Å². The van der Waals surface area contributed by atoms with Gasteiger partial charge in [0.1, 0.15) is 6.54 Å². The van der Waals surface area contributed by atoms with Crippen LogP contribution in [0.25, 0.3) is 0 Å². The maximum atomic E-state index is 11.7. The summed E-state index contributed by atoms with van der Waals surface area (Å²) < 4.78 is 4.42. The molecule has 0 atom stereocenters. The number of carbonyl (C=O) groups excluding carboxylic acids is 2. The Hall–Kier alpha value is -2.08. The van der Waals surface area contributed by atoms with Gasteiger partial charge in [-0.15, -0.1) is 0 Å². The van der Waals surface area contributed by atoms with Gasteiger partial charge in [-0.2, -0.15) is 0 Å². The highest BCUT2D eigenvalue weighted by Crippen LogP contribution is 2.18. The minimum atomic E-state index is -0.608. The first-order chi connectivity index (χ1) is 11.6. The number of rotatable bonds is 6. The van der Waals surface area contributed by atoms with Crippen LogP contribution in [0.1, 0.15) is 30.9 Å². The summed E-state index contributed by atoms with van der Waals surface area (Å²) in [6.45, 7) is 5.95. The second-order valence-electron chi connectivity index (χ2n) is 6.40. The van der Waals surface area contributed by atoms with E-state index in [-0.39, 0.29) is 12.5 Å². The van der Waals surface area contributed by atoms with Crippen LogP contribution in [0.15, 0.2) is 24.3 Å². The zero-order chi connectivity index (χ0) is 17.4. The average Bonchev–Trinajstić information content (AvgIpc) is 2.60. The number of alkyl carbamates (subject to hydrolysis) is 1. The Morgan fingerprint density at radius 1 is 1.21 bits per heavy atom. The highest BCUT2D eigenvalue weighted by molar-refractivity contribution is 5.81. The first-order valence-electron chi connectivity index (χ1n) is 8.45. The van der Waals surface area contributed by atoms with Gasteiger partial charge in [0.15, 0.2) is 0 Å². The van der Waals surface area contributed by atoms with Crippen molar-refractivity contribution in [2.75, 3.05) is 26.7 Å². The third-order valence-electron chi connectivity index (χ3n) is 4.34. The second-order valence-corrected chi connectivity index (χ2v) is 6.40. The van der Waals surface area contributed by atoms with Crippen molar-refractivity contribution in [3.8, 4) is 0 Å². The number of piperidine rings is 1. The van der Waals surface area contributed by atoms with Crippen LogP contribution < -0.4 is 10.6 Å². The Morgan fingerprint density at radius 3 is 2.62 bits per heavy atom. The van der Waals surface area contributed by atoms with E-state index in [2.05, 4.69) is 39.3 Å². The fourth-order valence-electron chi connectivity index (χ4n) is 2.80.